The summed E-state index contributed by atoms with van der Waals surface area (Å²) in [6, 6.07) is 1.84. The minimum atomic E-state index is 0.611. The molecule has 0 bridgehead atoms. The van der Waals surface area contributed by atoms with Crippen LogP contribution in [-0.2, 0) is 6.54 Å². The number of nitrogens with two attached hydrogens (primary N) is 1. The smallest absolute Gasteiger partial charge is 0.145 e. The first kappa shape index (κ1) is 11.5. The van der Waals surface area contributed by atoms with Crippen LogP contribution in [0.15, 0.2) is 12.3 Å². The lowest BCUT2D eigenvalue weighted by Crippen LogP contribution is -2.23. The molecule has 1 fully saturated rings. The summed E-state index contributed by atoms with van der Waals surface area (Å²) in [4.78, 5) is 2.43. The van der Waals surface area contributed by atoms with Crippen molar-refractivity contribution in [2.24, 2.45) is 11.8 Å². The molecule has 0 aromatic carbocycles. The van der Waals surface area contributed by atoms with Gasteiger partial charge in [0.05, 0.1) is 0 Å². The zero-order chi connectivity index (χ0) is 11.5. The molecule has 1 aromatic heterocycles. The van der Waals surface area contributed by atoms with Crippen LogP contribution >= 0.6 is 0 Å². The van der Waals surface area contributed by atoms with Crippen molar-refractivity contribution in [3.63, 3.8) is 0 Å². The third-order valence-corrected chi connectivity index (χ3v) is 3.41. The molecule has 1 heterocycles. The maximum absolute atomic E-state index is 5.56. The molecule has 0 amide bonds. The molecular weight excluding hydrogens is 200 g/mol. The standard InChI is InChI=1S/C12H22N4/c1-10-8-11(10)9-15(2)5-3-6-16-7-4-12(13)14-16/h4,7,10-11H,3,5-6,8-9H2,1-2H3,(H2,13,14). The van der Waals surface area contributed by atoms with E-state index in [1.807, 2.05) is 16.9 Å². The summed E-state index contributed by atoms with van der Waals surface area (Å²) in [5.74, 6) is 2.51. The Kier molecular flexibility index (Phi) is 3.49. The monoisotopic (exact) mass is 222 g/mol. The highest BCUT2D eigenvalue weighted by Gasteiger charge is 2.32. The topological polar surface area (TPSA) is 47.1 Å². The molecule has 0 saturated heterocycles. The number of anilines is 1. The van der Waals surface area contributed by atoms with Crippen LogP contribution < -0.4 is 5.73 Å². The fourth-order valence-electron chi connectivity index (χ4n) is 2.15. The molecule has 4 nitrogen and oxygen atoms in total. The molecule has 4 heteroatoms. The average molecular weight is 222 g/mol. The minimum Gasteiger partial charge on any atom is -0.382 e. The van der Waals surface area contributed by atoms with E-state index in [-0.39, 0.29) is 0 Å². The average Bonchev–Trinajstić information content (AvgIpc) is 2.74. The lowest BCUT2D eigenvalue weighted by atomic mass is 10.3. The molecule has 1 aliphatic carbocycles. The molecule has 2 rings (SSSR count). The molecule has 2 unspecified atom stereocenters. The van der Waals surface area contributed by atoms with Gasteiger partial charge in [0.15, 0.2) is 0 Å². The quantitative estimate of drug-likeness (QED) is 0.792. The molecule has 0 aliphatic heterocycles. The summed E-state index contributed by atoms with van der Waals surface area (Å²) >= 11 is 0. The van der Waals surface area contributed by atoms with Gasteiger partial charge in [-0.05, 0) is 44.3 Å². The predicted octanol–water partition coefficient (Wildman–Crippen LogP) is 1.44. The van der Waals surface area contributed by atoms with Gasteiger partial charge in [-0.3, -0.25) is 4.68 Å². The Balaban J connectivity index is 1.60. The van der Waals surface area contributed by atoms with Crippen LogP contribution in [0.4, 0.5) is 5.82 Å². The van der Waals surface area contributed by atoms with Gasteiger partial charge in [0.25, 0.3) is 0 Å². The van der Waals surface area contributed by atoms with E-state index in [9.17, 15) is 0 Å². The van der Waals surface area contributed by atoms with Gasteiger partial charge >= 0.3 is 0 Å². The summed E-state index contributed by atoms with van der Waals surface area (Å²) in [5, 5.41) is 4.17. The van der Waals surface area contributed by atoms with Crippen molar-refractivity contribution in [1.82, 2.24) is 14.7 Å². The van der Waals surface area contributed by atoms with E-state index in [1.54, 1.807) is 0 Å². The summed E-state index contributed by atoms with van der Waals surface area (Å²) in [6.07, 6.45) is 4.50. The van der Waals surface area contributed by atoms with E-state index in [4.69, 9.17) is 5.73 Å². The van der Waals surface area contributed by atoms with Crippen LogP contribution in [0.2, 0.25) is 0 Å². The van der Waals surface area contributed by atoms with Gasteiger partial charge in [-0.2, -0.15) is 5.10 Å². The van der Waals surface area contributed by atoms with Crippen LogP contribution in [0.5, 0.6) is 0 Å². The Bertz CT molecular complexity index is 334. The number of hydrogen-bond donors (Lipinski definition) is 1. The van der Waals surface area contributed by atoms with E-state index >= 15 is 0 Å². The Hall–Kier alpha value is -1.03. The number of hydrogen-bond acceptors (Lipinski definition) is 3. The molecule has 1 aliphatic rings. The highest BCUT2D eigenvalue weighted by Crippen LogP contribution is 2.37. The Morgan fingerprint density at radius 3 is 2.94 bits per heavy atom. The second kappa shape index (κ2) is 4.87. The van der Waals surface area contributed by atoms with Crippen molar-refractivity contribution >= 4 is 5.82 Å². The van der Waals surface area contributed by atoms with Gasteiger partial charge in [-0.15, -0.1) is 0 Å². The van der Waals surface area contributed by atoms with Crippen molar-refractivity contribution in [3.05, 3.63) is 12.3 Å². The van der Waals surface area contributed by atoms with Crippen molar-refractivity contribution in [2.75, 3.05) is 25.9 Å². The molecule has 1 saturated carbocycles. The number of nitrogen functional groups attached to an aromatic ring is 1. The summed E-state index contributed by atoms with van der Waals surface area (Å²) in [6.45, 7) is 5.69. The number of aromatic nitrogens is 2. The van der Waals surface area contributed by atoms with Gasteiger partial charge in [0, 0.05) is 19.3 Å². The molecule has 1 aromatic rings. The number of aryl methyl sites for hydroxylation is 1. The summed E-state index contributed by atoms with van der Waals surface area (Å²) < 4.78 is 1.92. The third-order valence-electron chi connectivity index (χ3n) is 3.41. The van der Waals surface area contributed by atoms with Gasteiger partial charge in [-0.1, -0.05) is 6.92 Å². The van der Waals surface area contributed by atoms with E-state index in [1.165, 1.54) is 13.0 Å². The highest BCUT2D eigenvalue weighted by molar-refractivity contribution is 5.23. The molecular formula is C12H22N4. The van der Waals surface area contributed by atoms with Crippen LogP contribution in [0.25, 0.3) is 0 Å². The molecule has 2 atom stereocenters. The molecule has 0 spiro atoms. The van der Waals surface area contributed by atoms with Gasteiger partial charge in [0.2, 0.25) is 0 Å². The Morgan fingerprint density at radius 1 is 1.62 bits per heavy atom. The Labute approximate surface area is 97.4 Å². The van der Waals surface area contributed by atoms with Gasteiger partial charge in [0.1, 0.15) is 5.82 Å². The largest absolute Gasteiger partial charge is 0.382 e. The van der Waals surface area contributed by atoms with Crippen LogP contribution in [0, 0.1) is 11.8 Å². The molecule has 2 N–H and O–H groups in total. The number of nitrogens with zero attached hydrogens (tertiary/aromatic N) is 3. The Morgan fingerprint density at radius 2 is 2.38 bits per heavy atom. The minimum absolute atomic E-state index is 0.611. The van der Waals surface area contributed by atoms with Crippen molar-refractivity contribution in [1.29, 1.82) is 0 Å². The van der Waals surface area contributed by atoms with Crippen LogP contribution in [-0.4, -0.2) is 34.8 Å². The van der Waals surface area contributed by atoms with Gasteiger partial charge in [-0.25, -0.2) is 0 Å². The highest BCUT2D eigenvalue weighted by atomic mass is 15.3. The molecule has 0 radical (unpaired) electrons. The fraction of sp³-hybridized carbons (Fsp3) is 0.750. The van der Waals surface area contributed by atoms with Crippen molar-refractivity contribution < 1.29 is 0 Å². The van der Waals surface area contributed by atoms with Crippen LogP contribution in [0.1, 0.15) is 19.8 Å². The van der Waals surface area contributed by atoms with E-state index in [0.29, 0.717) is 5.82 Å². The van der Waals surface area contributed by atoms with Crippen molar-refractivity contribution in [3.8, 4) is 0 Å². The number of rotatable bonds is 6. The zero-order valence-corrected chi connectivity index (χ0v) is 10.3. The van der Waals surface area contributed by atoms with E-state index < -0.39 is 0 Å². The summed E-state index contributed by atoms with van der Waals surface area (Å²) in [7, 11) is 2.21. The van der Waals surface area contributed by atoms with Gasteiger partial charge < -0.3 is 10.6 Å². The van der Waals surface area contributed by atoms with Crippen molar-refractivity contribution in [2.45, 2.75) is 26.3 Å². The maximum atomic E-state index is 5.56. The maximum Gasteiger partial charge on any atom is 0.145 e. The lowest BCUT2D eigenvalue weighted by Gasteiger charge is -2.16. The first-order valence-corrected chi connectivity index (χ1v) is 6.12. The lowest BCUT2D eigenvalue weighted by molar-refractivity contribution is 0.302. The fourth-order valence-corrected chi connectivity index (χ4v) is 2.15. The van der Waals surface area contributed by atoms with E-state index in [2.05, 4.69) is 24.0 Å². The van der Waals surface area contributed by atoms with Crippen LogP contribution in [0.3, 0.4) is 0 Å². The first-order chi connectivity index (χ1) is 7.65. The molecule has 90 valence electrons. The second-order valence-electron chi connectivity index (χ2n) is 5.09. The summed E-state index contributed by atoms with van der Waals surface area (Å²) in [5.41, 5.74) is 5.56. The normalized spacial score (nSPS) is 23.9. The second-order valence-corrected chi connectivity index (χ2v) is 5.09. The predicted molar refractivity (Wildman–Crippen MR) is 66.0 cm³/mol. The first-order valence-electron chi connectivity index (χ1n) is 6.12. The zero-order valence-electron chi connectivity index (χ0n) is 10.3. The third kappa shape index (κ3) is 3.23. The molecule has 16 heavy (non-hydrogen) atoms. The van der Waals surface area contributed by atoms with E-state index in [0.717, 1.165) is 31.3 Å². The SMILES string of the molecule is CC1CC1CN(C)CCCn1ccc(N)n1.